The maximum absolute atomic E-state index is 10.5. The number of aliphatic carboxylic acids is 1. The number of hydrogen-bond donors (Lipinski definition) is 1. The van der Waals surface area contributed by atoms with Gasteiger partial charge < -0.3 is 15.2 Å². The predicted molar refractivity (Wildman–Crippen MR) is 32.9 cm³/mol. The zero-order valence-electron chi connectivity index (χ0n) is 6.15. The van der Waals surface area contributed by atoms with E-state index in [0.717, 1.165) is 6.42 Å². The molecule has 0 atom stereocenters. The first-order valence-corrected chi connectivity index (χ1v) is 3.13. The summed E-state index contributed by atoms with van der Waals surface area (Å²) < 4.78 is 0. The van der Waals surface area contributed by atoms with Crippen LogP contribution in [0.25, 0.3) is 0 Å². The normalized spacial score (nSPS) is 8.09. The van der Waals surface area contributed by atoms with Gasteiger partial charge in [-0.25, -0.2) is 0 Å². The number of amides is 1. The molecule has 1 N–H and O–H groups in total. The Morgan fingerprint density at radius 3 is 2.36 bits per heavy atom. The van der Waals surface area contributed by atoms with E-state index in [2.05, 4.69) is 5.32 Å². The Balaban J connectivity index is 0. The first-order chi connectivity index (χ1) is 4.66. The van der Waals surface area contributed by atoms with Crippen molar-refractivity contribution in [3.8, 4) is 0 Å². The number of carboxylic acid groups (broad SMARTS) is 1. The van der Waals surface area contributed by atoms with Crippen molar-refractivity contribution in [2.45, 2.75) is 19.8 Å². The van der Waals surface area contributed by atoms with Crippen LogP contribution in [0.5, 0.6) is 0 Å². The molecule has 4 nitrogen and oxygen atoms in total. The smallest absolute Gasteiger partial charge is 0.548 e. The van der Waals surface area contributed by atoms with Crippen LogP contribution < -0.4 is 10.4 Å². The minimum absolute atomic E-state index is 0. The molecule has 0 saturated carbocycles. The topological polar surface area (TPSA) is 69.2 Å². The molecule has 0 aromatic rings. The Kier molecular flexibility index (Phi) is 8.99. The second-order valence-electron chi connectivity index (χ2n) is 1.90. The Hall–Kier alpha value is -0.541. The molecule has 0 aliphatic carbocycles. The van der Waals surface area contributed by atoms with Crippen molar-refractivity contribution in [3.05, 3.63) is 0 Å². The van der Waals surface area contributed by atoms with Crippen molar-refractivity contribution >= 4 is 11.9 Å². The van der Waals surface area contributed by atoms with E-state index in [1.807, 2.05) is 6.92 Å². The van der Waals surface area contributed by atoms with Gasteiger partial charge in [0.1, 0.15) is 0 Å². The van der Waals surface area contributed by atoms with Crippen LogP contribution in [-0.4, -0.2) is 18.4 Å². The number of rotatable bonds is 4. The van der Waals surface area contributed by atoms with Gasteiger partial charge in [0.05, 0.1) is 12.5 Å². The average Bonchev–Trinajstić information content (AvgIpc) is 1.85. The van der Waals surface area contributed by atoms with Gasteiger partial charge in [-0.15, -0.1) is 0 Å². The summed E-state index contributed by atoms with van der Waals surface area (Å²) in [6.07, 6.45) is 1.09. The first-order valence-electron chi connectivity index (χ1n) is 3.13. The maximum atomic E-state index is 10.5. The van der Waals surface area contributed by atoms with Gasteiger partial charge in [-0.1, -0.05) is 6.92 Å². The summed E-state index contributed by atoms with van der Waals surface area (Å²) in [6, 6.07) is 0. The number of carboxylic acids is 1. The van der Waals surface area contributed by atoms with E-state index in [9.17, 15) is 14.7 Å². The molecule has 5 heteroatoms. The van der Waals surface area contributed by atoms with Gasteiger partial charge in [0.25, 0.3) is 0 Å². The molecule has 11 heavy (non-hydrogen) atoms. The van der Waals surface area contributed by atoms with Crippen molar-refractivity contribution in [1.82, 2.24) is 5.32 Å². The Labute approximate surface area is 75.8 Å². The second-order valence-corrected chi connectivity index (χ2v) is 1.90. The van der Waals surface area contributed by atoms with Crippen molar-refractivity contribution in [1.29, 1.82) is 0 Å². The SMILES string of the molecule is CCCC(=O)NCC(=O)[O-].[Cu+]. The largest absolute Gasteiger partial charge is 1.00 e. The molecule has 0 saturated heterocycles. The molecular weight excluding hydrogens is 198 g/mol. The van der Waals surface area contributed by atoms with Crippen LogP contribution >= 0.6 is 0 Å². The van der Waals surface area contributed by atoms with Crippen LogP contribution in [0.15, 0.2) is 0 Å². The molecule has 0 bridgehead atoms. The summed E-state index contributed by atoms with van der Waals surface area (Å²) in [5.74, 6) is -1.50. The number of hydrogen-bond acceptors (Lipinski definition) is 3. The van der Waals surface area contributed by atoms with E-state index in [4.69, 9.17) is 0 Å². The van der Waals surface area contributed by atoms with Crippen LogP contribution in [0.3, 0.4) is 0 Å². The number of nitrogens with one attached hydrogen (secondary N) is 1. The minimum atomic E-state index is -1.26. The van der Waals surface area contributed by atoms with E-state index in [-0.39, 0.29) is 23.0 Å². The summed E-state index contributed by atoms with van der Waals surface area (Å²) in [6.45, 7) is 1.46. The molecular formula is C6H10CuNO3. The van der Waals surface area contributed by atoms with Gasteiger partial charge in [0, 0.05) is 6.42 Å². The molecule has 0 heterocycles. The van der Waals surface area contributed by atoms with E-state index < -0.39 is 12.5 Å². The van der Waals surface area contributed by atoms with Gasteiger partial charge in [0.2, 0.25) is 5.91 Å². The fourth-order valence-electron chi connectivity index (χ4n) is 0.486. The van der Waals surface area contributed by atoms with Crippen molar-refractivity contribution in [2.75, 3.05) is 6.54 Å². The van der Waals surface area contributed by atoms with Gasteiger partial charge >= 0.3 is 17.1 Å². The molecule has 68 valence electrons. The molecule has 0 aliphatic heterocycles. The molecule has 0 aromatic heterocycles. The third kappa shape index (κ3) is 9.46. The van der Waals surface area contributed by atoms with E-state index >= 15 is 0 Å². The zero-order valence-corrected chi connectivity index (χ0v) is 7.09. The molecule has 0 spiro atoms. The molecule has 0 aliphatic rings. The summed E-state index contributed by atoms with van der Waals surface area (Å²) in [5, 5.41) is 12.0. The zero-order chi connectivity index (χ0) is 7.98. The standard InChI is InChI=1S/C6H11NO3.Cu/c1-2-3-5(8)7-4-6(9)10;/h2-4H2,1H3,(H,7,8)(H,9,10);/q;+1/p-1. The first kappa shape index (κ1) is 13.1. The molecule has 1 amide bonds. The van der Waals surface area contributed by atoms with Crippen LogP contribution in [0, 0.1) is 0 Å². The van der Waals surface area contributed by atoms with Gasteiger partial charge in [0.15, 0.2) is 0 Å². The van der Waals surface area contributed by atoms with Crippen molar-refractivity contribution < 1.29 is 31.8 Å². The Morgan fingerprint density at radius 2 is 2.00 bits per heavy atom. The molecule has 0 unspecified atom stereocenters. The monoisotopic (exact) mass is 207 g/mol. The Morgan fingerprint density at radius 1 is 1.45 bits per heavy atom. The Bertz CT molecular complexity index is 138. The average molecular weight is 208 g/mol. The van der Waals surface area contributed by atoms with Crippen LogP contribution in [0.4, 0.5) is 0 Å². The van der Waals surface area contributed by atoms with Crippen LogP contribution in [0.1, 0.15) is 19.8 Å². The van der Waals surface area contributed by atoms with E-state index in [1.54, 1.807) is 0 Å². The summed E-state index contributed by atoms with van der Waals surface area (Å²) in [5.41, 5.74) is 0. The van der Waals surface area contributed by atoms with Gasteiger partial charge in [-0.2, -0.15) is 0 Å². The summed E-state index contributed by atoms with van der Waals surface area (Å²) in [4.78, 5) is 20.3. The van der Waals surface area contributed by atoms with Crippen LogP contribution in [-0.2, 0) is 26.7 Å². The third-order valence-electron chi connectivity index (χ3n) is 0.907. The quantitative estimate of drug-likeness (QED) is 0.580. The van der Waals surface area contributed by atoms with Crippen molar-refractivity contribution in [2.24, 2.45) is 0 Å². The third-order valence-corrected chi connectivity index (χ3v) is 0.907. The maximum Gasteiger partial charge on any atom is 1.00 e. The number of carbonyl (C=O) groups excluding carboxylic acids is 2. The summed E-state index contributed by atoms with van der Waals surface area (Å²) >= 11 is 0. The van der Waals surface area contributed by atoms with Gasteiger partial charge in [-0.05, 0) is 6.42 Å². The fourth-order valence-corrected chi connectivity index (χ4v) is 0.486. The van der Waals surface area contributed by atoms with Crippen LogP contribution in [0.2, 0.25) is 0 Å². The van der Waals surface area contributed by atoms with E-state index in [1.165, 1.54) is 0 Å². The molecule has 0 rings (SSSR count). The molecule has 0 aromatic carbocycles. The van der Waals surface area contributed by atoms with Gasteiger partial charge in [-0.3, -0.25) is 4.79 Å². The second kappa shape index (κ2) is 7.57. The predicted octanol–water partition coefficient (Wildman–Crippen LogP) is -1.35. The summed E-state index contributed by atoms with van der Waals surface area (Å²) in [7, 11) is 0. The van der Waals surface area contributed by atoms with Crippen molar-refractivity contribution in [3.63, 3.8) is 0 Å². The minimum Gasteiger partial charge on any atom is -0.548 e. The number of carbonyl (C=O) groups is 2. The fraction of sp³-hybridized carbons (Fsp3) is 0.667. The molecule has 0 radical (unpaired) electrons. The molecule has 0 fully saturated rings. The van der Waals surface area contributed by atoms with E-state index in [0.29, 0.717) is 6.42 Å².